The van der Waals surface area contributed by atoms with E-state index in [1.165, 1.54) is 6.92 Å². The molecule has 1 heterocycles. The molecule has 30 heavy (non-hydrogen) atoms. The number of carbonyl (C=O) groups excluding carboxylic acids is 3. The van der Waals surface area contributed by atoms with Crippen LogP contribution in [0.1, 0.15) is 27.2 Å². The molecule has 0 aliphatic carbocycles. The number of rotatable bonds is 5. The minimum atomic E-state index is -3.88. The highest BCUT2D eigenvalue weighted by Crippen LogP contribution is 2.61. The SMILES string of the molecule is CC(=O)OCC(C)(C)[C@H]1OP(=O)(Oc2ccccc2)SCCNC(=O)CCNC1=O. The molecule has 2 rings (SSSR count). The van der Waals surface area contributed by atoms with Gasteiger partial charge in [0.25, 0.3) is 5.91 Å². The average molecular weight is 458 g/mol. The fourth-order valence-electron chi connectivity index (χ4n) is 2.55. The molecule has 1 aliphatic rings. The van der Waals surface area contributed by atoms with Crippen molar-refractivity contribution in [1.82, 2.24) is 10.6 Å². The third-order valence-electron chi connectivity index (χ3n) is 4.12. The van der Waals surface area contributed by atoms with Gasteiger partial charge >= 0.3 is 12.8 Å². The summed E-state index contributed by atoms with van der Waals surface area (Å²) in [5.74, 6) is -0.730. The lowest BCUT2D eigenvalue weighted by Gasteiger charge is -2.34. The van der Waals surface area contributed by atoms with Gasteiger partial charge in [-0.25, -0.2) is 4.57 Å². The predicted octanol–water partition coefficient (Wildman–Crippen LogP) is 2.52. The summed E-state index contributed by atoms with van der Waals surface area (Å²) in [5, 5.41) is 5.32. The number of nitrogens with one attached hydrogen (secondary N) is 2. The highest BCUT2D eigenvalue weighted by molar-refractivity contribution is 8.55. The zero-order valence-electron chi connectivity index (χ0n) is 17.2. The number of carbonyl (C=O) groups is 3. The van der Waals surface area contributed by atoms with E-state index in [4.69, 9.17) is 13.8 Å². The quantitative estimate of drug-likeness (QED) is 0.510. The standard InChI is InChI=1S/C19H27N2O7PS/c1-14(22)26-13-19(2,3)17-18(24)21-10-9-16(23)20-11-12-30-29(25,28-17)27-15-7-5-4-6-8-15/h4-8,17H,9-13H2,1-3H3,(H,20,23)(H,21,24)/t17-,29?/m0/s1. The molecule has 11 heteroatoms. The maximum Gasteiger partial charge on any atom is 0.440 e. The summed E-state index contributed by atoms with van der Waals surface area (Å²) in [6.45, 7) is 0.934. The Bertz CT molecular complexity index is 803. The lowest BCUT2D eigenvalue weighted by Crippen LogP contribution is -2.48. The smallest absolute Gasteiger partial charge is 0.440 e. The molecule has 0 bridgehead atoms. The van der Waals surface area contributed by atoms with Gasteiger partial charge in [-0.3, -0.25) is 18.9 Å². The van der Waals surface area contributed by atoms with Crippen molar-refractivity contribution < 1.29 is 32.7 Å². The van der Waals surface area contributed by atoms with E-state index >= 15 is 0 Å². The predicted molar refractivity (Wildman–Crippen MR) is 113 cm³/mol. The van der Waals surface area contributed by atoms with Gasteiger partial charge in [0.15, 0.2) is 6.10 Å². The van der Waals surface area contributed by atoms with Gasteiger partial charge in [0.2, 0.25) is 5.91 Å². The average Bonchev–Trinajstić information content (AvgIpc) is 2.68. The molecule has 2 atom stereocenters. The monoisotopic (exact) mass is 458 g/mol. The first kappa shape index (κ1) is 24.2. The number of para-hydroxylation sites is 1. The van der Waals surface area contributed by atoms with Gasteiger partial charge < -0.3 is 19.9 Å². The largest absolute Gasteiger partial charge is 0.465 e. The van der Waals surface area contributed by atoms with Gasteiger partial charge in [-0.1, -0.05) is 32.0 Å². The molecule has 0 saturated carbocycles. The van der Waals surface area contributed by atoms with Crippen LogP contribution in [-0.4, -0.2) is 49.3 Å². The summed E-state index contributed by atoms with van der Waals surface area (Å²) >= 11 is 0.890. The van der Waals surface area contributed by atoms with E-state index in [9.17, 15) is 18.9 Å². The van der Waals surface area contributed by atoms with E-state index in [2.05, 4.69) is 10.6 Å². The van der Waals surface area contributed by atoms with Crippen LogP contribution in [0.25, 0.3) is 0 Å². The van der Waals surface area contributed by atoms with Gasteiger partial charge in [-0.2, -0.15) is 0 Å². The molecule has 1 aliphatic heterocycles. The highest BCUT2D eigenvalue weighted by Gasteiger charge is 2.44. The van der Waals surface area contributed by atoms with Crippen molar-refractivity contribution in [2.45, 2.75) is 33.3 Å². The number of ether oxygens (including phenoxy) is 1. The summed E-state index contributed by atoms with van der Waals surface area (Å²) in [6.07, 6.45) is -1.15. The molecule has 0 spiro atoms. The molecule has 1 unspecified atom stereocenters. The number of hydrogen-bond acceptors (Lipinski definition) is 8. The van der Waals surface area contributed by atoms with Crippen molar-refractivity contribution in [1.29, 1.82) is 0 Å². The Hall–Kier alpha value is -2.03. The summed E-state index contributed by atoms with van der Waals surface area (Å²) in [5.41, 5.74) is -1.02. The Labute approximate surface area is 179 Å². The Morgan fingerprint density at radius 1 is 1.23 bits per heavy atom. The van der Waals surface area contributed by atoms with Gasteiger partial charge in [-0.05, 0) is 23.5 Å². The van der Waals surface area contributed by atoms with Crippen LogP contribution in [0.15, 0.2) is 30.3 Å². The molecule has 9 nitrogen and oxygen atoms in total. The molecule has 0 radical (unpaired) electrons. The third kappa shape index (κ3) is 7.66. The van der Waals surface area contributed by atoms with Crippen LogP contribution in [0.4, 0.5) is 0 Å². The van der Waals surface area contributed by atoms with E-state index in [-0.39, 0.29) is 37.8 Å². The Kier molecular flexibility index (Phi) is 8.76. The molecule has 1 saturated heterocycles. The van der Waals surface area contributed by atoms with Crippen LogP contribution in [0.3, 0.4) is 0 Å². The van der Waals surface area contributed by atoms with Crippen molar-refractivity contribution in [2.75, 3.05) is 25.4 Å². The third-order valence-corrected chi connectivity index (χ3v) is 7.70. The van der Waals surface area contributed by atoms with Crippen LogP contribution in [0, 0.1) is 5.41 Å². The molecule has 166 valence electrons. The summed E-state index contributed by atoms with van der Waals surface area (Å²) in [4.78, 5) is 36.0. The van der Waals surface area contributed by atoms with E-state index in [0.717, 1.165) is 11.4 Å². The Morgan fingerprint density at radius 2 is 1.93 bits per heavy atom. The Balaban J connectivity index is 2.33. The first-order valence-corrected chi connectivity index (χ1v) is 12.6. The number of amides is 2. The van der Waals surface area contributed by atoms with Crippen LogP contribution in [-0.2, 0) is 28.2 Å². The molecule has 1 fully saturated rings. The van der Waals surface area contributed by atoms with Crippen LogP contribution in [0.2, 0.25) is 0 Å². The van der Waals surface area contributed by atoms with Crippen molar-refractivity contribution in [3.05, 3.63) is 30.3 Å². The minimum absolute atomic E-state index is 0.0885. The highest BCUT2D eigenvalue weighted by atomic mass is 32.7. The van der Waals surface area contributed by atoms with Crippen LogP contribution >= 0.6 is 18.2 Å². The van der Waals surface area contributed by atoms with Gasteiger partial charge in [0.1, 0.15) is 5.75 Å². The van der Waals surface area contributed by atoms with E-state index < -0.39 is 30.2 Å². The fraction of sp³-hybridized carbons (Fsp3) is 0.526. The number of benzene rings is 1. The van der Waals surface area contributed by atoms with Crippen molar-refractivity contribution in [3.8, 4) is 5.75 Å². The molecule has 2 N–H and O–H groups in total. The van der Waals surface area contributed by atoms with Crippen LogP contribution in [0.5, 0.6) is 5.75 Å². The Morgan fingerprint density at radius 3 is 2.60 bits per heavy atom. The van der Waals surface area contributed by atoms with Gasteiger partial charge in [-0.15, -0.1) is 0 Å². The minimum Gasteiger partial charge on any atom is -0.465 e. The topological polar surface area (TPSA) is 120 Å². The second-order valence-electron chi connectivity index (χ2n) is 7.33. The van der Waals surface area contributed by atoms with E-state index in [1.54, 1.807) is 44.2 Å². The van der Waals surface area contributed by atoms with Crippen molar-refractivity contribution in [3.63, 3.8) is 0 Å². The molecule has 2 amide bonds. The van der Waals surface area contributed by atoms with Gasteiger partial charge in [0, 0.05) is 37.6 Å². The van der Waals surface area contributed by atoms with E-state index in [0.29, 0.717) is 5.75 Å². The van der Waals surface area contributed by atoms with Crippen LogP contribution < -0.4 is 15.2 Å². The van der Waals surface area contributed by atoms with Gasteiger partial charge in [0.05, 0.1) is 6.61 Å². The summed E-state index contributed by atoms with van der Waals surface area (Å²) in [7, 11) is 0. The first-order chi connectivity index (χ1) is 14.1. The normalized spacial score (nSPS) is 23.9. The van der Waals surface area contributed by atoms with Crippen molar-refractivity contribution in [2.24, 2.45) is 5.41 Å². The lowest BCUT2D eigenvalue weighted by molar-refractivity contribution is -0.150. The number of esters is 1. The molecular formula is C19H27N2O7PS. The maximum absolute atomic E-state index is 13.6. The summed E-state index contributed by atoms with van der Waals surface area (Å²) < 4.78 is 30.2. The number of hydrogen-bond donors (Lipinski definition) is 2. The maximum atomic E-state index is 13.6. The first-order valence-electron chi connectivity index (χ1n) is 9.47. The fourth-order valence-corrected chi connectivity index (χ4v) is 5.95. The molecule has 1 aromatic rings. The molecule has 0 aromatic heterocycles. The second kappa shape index (κ2) is 10.8. The zero-order chi connectivity index (χ0) is 22.2. The van der Waals surface area contributed by atoms with E-state index in [1.807, 2.05) is 0 Å². The summed E-state index contributed by atoms with van der Waals surface area (Å²) in [6, 6.07) is 8.47. The van der Waals surface area contributed by atoms with Crippen molar-refractivity contribution >= 4 is 36.0 Å². The second-order valence-corrected chi connectivity index (χ2v) is 11.4. The molecular weight excluding hydrogens is 431 g/mol. The zero-order valence-corrected chi connectivity index (χ0v) is 18.9. The lowest BCUT2D eigenvalue weighted by atomic mass is 9.87. The molecule has 1 aromatic carbocycles.